The molecule has 10 heteroatoms. The van der Waals surface area contributed by atoms with E-state index >= 15 is 0 Å². The summed E-state index contributed by atoms with van der Waals surface area (Å²) >= 11 is 0. The van der Waals surface area contributed by atoms with E-state index in [1.165, 1.54) is 0 Å². The average Bonchev–Trinajstić information content (AvgIpc) is 2.84. The second-order valence-electron chi connectivity index (χ2n) is 4.72. The number of nitro benzene ring substituents is 1. The van der Waals surface area contributed by atoms with Gasteiger partial charge in [0.1, 0.15) is 16.3 Å². The molecule has 116 valence electrons. The molecule has 1 aliphatic heterocycles. The molecule has 1 unspecified atom stereocenters. The number of nitrogens with zero attached hydrogens (tertiary/aromatic N) is 1. The smallest absolute Gasteiger partial charge is 0.272 e. The highest BCUT2D eigenvalue weighted by Crippen LogP contribution is 2.22. The lowest BCUT2D eigenvalue weighted by atomic mass is 10.1. The number of ether oxygens (including phenoxy) is 1. The molecule has 8 nitrogen and oxygen atoms in total. The largest absolute Gasteiger partial charge is 0.386 e. The summed E-state index contributed by atoms with van der Waals surface area (Å²) in [4.78, 5) is 8.94. The number of hydrogen-bond acceptors (Lipinski definition) is 6. The third-order valence-corrected chi connectivity index (χ3v) is 4.52. The molecule has 2 N–H and O–H groups in total. The Kier molecular flexibility index (Phi) is 4.23. The molecule has 1 saturated heterocycles. The van der Waals surface area contributed by atoms with Crippen molar-refractivity contribution in [3.63, 3.8) is 0 Å². The predicted molar refractivity (Wildman–Crippen MR) is 68.6 cm³/mol. The zero-order valence-corrected chi connectivity index (χ0v) is 11.6. The second-order valence-corrected chi connectivity index (χ2v) is 6.46. The lowest BCUT2D eigenvalue weighted by molar-refractivity contribution is -0.385. The van der Waals surface area contributed by atoms with Crippen LogP contribution < -0.4 is 4.72 Å². The fourth-order valence-corrected chi connectivity index (χ4v) is 3.04. The molecule has 21 heavy (non-hydrogen) atoms. The fraction of sp³-hybridized carbons (Fsp3) is 0.455. The minimum Gasteiger partial charge on any atom is -0.386 e. The Labute approximate surface area is 119 Å². The van der Waals surface area contributed by atoms with Gasteiger partial charge in [-0.3, -0.25) is 10.1 Å². The molecule has 1 aromatic rings. The highest BCUT2D eigenvalue weighted by molar-refractivity contribution is 7.89. The van der Waals surface area contributed by atoms with Crippen LogP contribution in [-0.4, -0.2) is 43.8 Å². The van der Waals surface area contributed by atoms with E-state index in [0.717, 1.165) is 12.1 Å². The number of sulfonamides is 1. The molecule has 2 rings (SSSR count). The Morgan fingerprint density at radius 1 is 1.52 bits per heavy atom. The molecule has 0 amide bonds. The summed E-state index contributed by atoms with van der Waals surface area (Å²) in [5.41, 5.74) is -1.88. The van der Waals surface area contributed by atoms with E-state index in [0.29, 0.717) is 12.7 Å². The maximum atomic E-state index is 13.7. The topological polar surface area (TPSA) is 119 Å². The summed E-state index contributed by atoms with van der Waals surface area (Å²) in [5.74, 6) is -1.23. The Hall–Kier alpha value is -1.62. The normalized spacial score (nSPS) is 22.4. The van der Waals surface area contributed by atoms with E-state index in [4.69, 9.17) is 4.74 Å². The van der Waals surface area contributed by atoms with Gasteiger partial charge in [0.25, 0.3) is 5.69 Å². The second kappa shape index (κ2) is 5.64. The third kappa shape index (κ3) is 3.53. The van der Waals surface area contributed by atoms with Crippen LogP contribution in [0.5, 0.6) is 0 Å². The zero-order chi connectivity index (χ0) is 15.7. The molecule has 0 saturated carbocycles. The SMILES string of the molecule is O=[N+]([O-])c1ccc(S(=O)(=O)NCC2(O)CCOC2)c(F)c1. The van der Waals surface area contributed by atoms with E-state index < -0.39 is 36.9 Å². The van der Waals surface area contributed by atoms with Crippen LogP contribution in [-0.2, 0) is 14.8 Å². The molecule has 0 aromatic heterocycles. The molecular weight excluding hydrogens is 307 g/mol. The first-order chi connectivity index (χ1) is 9.73. The lowest BCUT2D eigenvalue weighted by Crippen LogP contribution is -2.43. The van der Waals surface area contributed by atoms with Crippen LogP contribution in [0, 0.1) is 15.9 Å². The summed E-state index contributed by atoms with van der Waals surface area (Å²) in [6.45, 7) is -0.0336. The molecule has 0 bridgehead atoms. The van der Waals surface area contributed by atoms with Crippen molar-refractivity contribution in [3.8, 4) is 0 Å². The van der Waals surface area contributed by atoms with Gasteiger partial charge < -0.3 is 9.84 Å². The number of non-ortho nitro benzene ring substituents is 1. The van der Waals surface area contributed by atoms with Crippen molar-refractivity contribution in [3.05, 3.63) is 34.1 Å². The number of nitro groups is 1. The maximum absolute atomic E-state index is 13.7. The Morgan fingerprint density at radius 3 is 2.76 bits per heavy atom. The standard InChI is InChI=1S/C11H13FN2O6S/c12-9-5-8(14(16)17)1-2-10(9)21(18,19)13-6-11(15)3-4-20-7-11/h1-2,5,13,15H,3-4,6-7H2. The van der Waals surface area contributed by atoms with Crippen molar-refractivity contribution < 1.29 is 27.6 Å². The van der Waals surface area contributed by atoms with Crippen molar-refractivity contribution in [1.29, 1.82) is 0 Å². The van der Waals surface area contributed by atoms with Crippen LogP contribution in [0.4, 0.5) is 10.1 Å². The molecule has 0 radical (unpaired) electrons. The lowest BCUT2D eigenvalue weighted by Gasteiger charge is -2.20. The van der Waals surface area contributed by atoms with Gasteiger partial charge in [0.15, 0.2) is 0 Å². The number of nitrogens with one attached hydrogen (secondary N) is 1. The molecule has 1 fully saturated rings. The first kappa shape index (κ1) is 15.8. The van der Waals surface area contributed by atoms with Crippen LogP contribution in [0.2, 0.25) is 0 Å². The number of aliphatic hydroxyl groups is 1. The first-order valence-corrected chi connectivity index (χ1v) is 7.46. The van der Waals surface area contributed by atoms with Crippen LogP contribution >= 0.6 is 0 Å². The van der Waals surface area contributed by atoms with Gasteiger partial charge in [0.05, 0.1) is 17.6 Å². The van der Waals surface area contributed by atoms with Crippen molar-refractivity contribution in [2.24, 2.45) is 0 Å². The molecular formula is C11H13FN2O6S. The van der Waals surface area contributed by atoms with Crippen molar-refractivity contribution in [1.82, 2.24) is 4.72 Å². The van der Waals surface area contributed by atoms with Gasteiger partial charge in [-0.2, -0.15) is 0 Å². The van der Waals surface area contributed by atoms with E-state index in [1.54, 1.807) is 0 Å². The Bertz CT molecular complexity index is 657. The molecule has 1 aromatic carbocycles. The number of halogens is 1. The van der Waals surface area contributed by atoms with Crippen LogP contribution in [0.25, 0.3) is 0 Å². The molecule has 1 atom stereocenters. The third-order valence-electron chi connectivity index (χ3n) is 3.09. The van der Waals surface area contributed by atoms with Crippen LogP contribution in [0.3, 0.4) is 0 Å². The van der Waals surface area contributed by atoms with E-state index in [1.807, 2.05) is 0 Å². The molecule has 0 aliphatic carbocycles. The first-order valence-electron chi connectivity index (χ1n) is 5.97. The molecule has 0 spiro atoms. The van der Waals surface area contributed by atoms with E-state index in [2.05, 4.69) is 4.72 Å². The van der Waals surface area contributed by atoms with Crippen molar-refractivity contribution >= 4 is 15.7 Å². The highest BCUT2D eigenvalue weighted by atomic mass is 32.2. The van der Waals surface area contributed by atoms with Gasteiger partial charge in [-0.25, -0.2) is 17.5 Å². The van der Waals surface area contributed by atoms with Crippen LogP contribution in [0.15, 0.2) is 23.1 Å². The average molecular weight is 320 g/mol. The van der Waals surface area contributed by atoms with Gasteiger partial charge in [0.2, 0.25) is 10.0 Å². The van der Waals surface area contributed by atoms with Gasteiger partial charge >= 0.3 is 0 Å². The summed E-state index contributed by atoms with van der Waals surface area (Å²) in [6, 6.07) is 2.23. The van der Waals surface area contributed by atoms with Gasteiger partial charge in [-0.1, -0.05) is 0 Å². The summed E-state index contributed by atoms with van der Waals surface area (Å²) in [6.07, 6.45) is 0.262. The summed E-state index contributed by atoms with van der Waals surface area (Å²) < 4.78 is 44.7. The monoisotopic (exact) mass is 320 g/mol. The quantitative estimate of drug-likeness (QED) is 0.589. The number of benzene rings is 1. The molecule has 1 heterocycles. The summed E-state index contributed by atoms with van der Waals surface area (Å²) in [7, 11) is -4.22. The Balaban J connectivity index is 2.17. The van der Waals surface area contributed by atoms with E-state index in [9.17, 15) is 28.0 Å². The van der Waals surface area contributed by atoms with Gasteiger partial charge in [0, 0.05) is 25.6 Å². The number of hydrogen-bond donors (Lipinski definition) is 2. The number of rotatable bonds is 5. The maximum Gasteiger partial charge on any atom is 0.272 e. The van der Waals surface area contributed by atoms with E-state index in [-0.39, 0.29) is 19.6 Å². The summed E-state index contributed by atoms with van der Waals surface area (Å²) in [5, 5.41) is 20.4. The Morgan fingerprint density at radius 2 is 2.24 bits per heavy atom. The predicted octanol–water partition coefficient (Wildman–Crippen LogP) is 0.164. The van der Waals surface area contributed by atoms with Gasteiger partial charge in [-0.05, 0) is 6.07 Å². The highest BCUT2D eigenvalue weighted by Gasteiger charge is 2.34. The minimum atomic E-state index is -4.22. The van der Waals surface area contributed by atoms with Crippen molar-refractivity contribution in [2.45, 2.75) is 16.9 Å². The van der Waals surface area contributed by atoms with Crippen LogP contribution in [0.1, 0.15) is 6.42 Å². The molecule has 1 aliphatic rings. The minimum absolute atomic E-state index is 0.0156. The fourth-order valence-electron chi connectivity index (χ4n) is 1.86. The van der Waals surface area contributed by atoms with Crippen molar-refractivity contribution in [2.75, 3.05) is 19.8 Å². The zero-order valence-electron chi connectivity index (χ0n) is 10.8. The van der Waals surface area contributed by atoms with Gasteiger partial charge in [-0.15, -0.1) is 0 Å².